The van der Waals surface area contributed by atoms with Crippen molar-refractivity contribution in [1.29, 1.82) is 0 Å². The van der Waals surface area contributed by atoms with Crippen molar-refractivity contribution in [2.24, 2.45) is 4.99 Å². The molecule has 0 bridgehead atoms. The van der Waals surface area contributed by atoms with Gasteiger partial charge in [0, 0.05) is 0 Å². The molecule has 78 valence electrons. The maximum Gasteiger partial charge on any atom is 0.356 e. The Morgan fingerprint density at radius 2 is 1.50 bits per heavy atom. The summed E-state index contributed by atoms with van der Waals surface area (Å²) in [5, 5.41) is 8.60. The molecular formula is C9HNO6. The predicted molar refractivity (Wildman–Crippen MR) is 47.7 cm³/mol. The standard InChI is InChI=1S/C9HNO6/c11-1-4-5(2-12)7(9(15)16)10-8(14)6(4)3-13/h(H,15,16). The number of carboxylic acids is 1. The number of amides is 1. The van der Waals surface area contributed by atoms with Gasteiger partial charge in [-0.05, 0) is 0 Å². The molecule has 1 N–H and O–H groups in total. The van der Waals surface area contributed by atoms with Crippen LogP contribution < -0.4 is 0 Å². The molecule has 1 rings (SSSR count). The molecule has 0 saturated heterocycles. The second kappa shape index (κ2) is 4.13. The van der Waals surface area contributed by atoms with Crippen molar-refractivity contribution in [2.45, 2.75) is 0 Å². The first-order valence-corrected chi connectivity index (χ1v) is 3.69. The summed E-state index contributed by atoms with van der Waals surface area (Å²) in [7, 11) is 0. The molecule has 0 aliphatic carbocycles. The van der Waals surface area contributed by atoms with Crippen molar-refractivity contribution in [1.82, 2.24) is 0 Å². The van der Waals surface area contributed by atoms with Crippen LogP contribution in [0.2, 0.25) is 0 Å². The van der Waals surface area contributed by atoms with Crippen LogP contribution in [0, 0.1) is 0 Å². The van der Waals surface area contributed by atoms with E-state index in [-0.39, 0.29) is 0 Å². The number of carbonyl (C=O) groups is 2. The van der Waals surface area contributed by atoms with Gasteiger partial charge >= 0.3 is 5.97 Å². The Hall–Kier alpha value is -2.84. The average Bonchev–Trinajstić information content (AvgIpc) is 2.27. The first-order valence-electron chi connectivity index (χ1n) is 3.69. The zero-order valence-electron chi connectivity index (χ0n) is 7.44. The van der Waals surface area contributed by atoms with Crippen LogP contribution in [0.25, 0.3) is 0 Å². The van der Waals surface area contributed by atoms with E-state index in [9.17, 15) is 24.0 Å². The number of aliphatic imine (C=N–C) groups is 1. The summed E-state index contributed by atoms with van der Waals surface area (Å²) in [6.45, 7) is 0. The highest BCUT2D eigenvalue weighted by Gasteiger charge is 2.34. The van der Waals surface area contributed by atoms with Crippen LogP contribution in [0.5, 0.6) is 0 Å². The molecule has 0 spiro atoms. The van der Waals surface area contributed by atoms with E-state index in [4.69, 9.17) is 5.11 Å². The van der Waals surface area contributed by atoms with Gasteiger partial charge in [0.05, 0.1) is 0 Å². The van der Waals surface area contributed by atoms with E-state index in [1.165, 1.54) is 0 Å². The molecule has 0 unspecified atom stereocenters. The Morgan fingerprint density at radius 1 is 1.00 bits per heavy atom. The highest BCUT2D eigenvalue weighted by molar-refractivity contribution is 6.50. The quantitative estimate of drug-likeness (QED) is 0.416. The van der Waals surface area contributed by atoms with Crippen molar-refractivity contribution in [2.75, 3.05) is 0 Å². The summed E-state index contributed by atoms with van der Waals surface area (Å²) in [5.74, 6) is 0.395. The van der Waals surface area contributed by atoms with Gasteiger partial charge in [0.15, 0.2) is 5.71 Å². The number of hydrogen-bond acceptors (Lipinski definition) is 5. The molecule has 0 aromatic heterocycles. The van der Waals surface area contributed by atoms with Crippen LogP contribution in [0.3, 0.4) is 0 Å². The normalized spacial score (nSPS) is 14.9. The van der Waals surface area contributed by atoms with Gasteiger partial charge in [-0.1, -0.05) is 0 Å². The van der Waals surface area contributed by atoms with Crippen molar-refractivity contribution in [3.63, 3.8) is 0 Å². The molecule has 16 heavy (non-hydrogen) atoms. The Kier molecular flexibility index (Phi) is 2.90. The molecule has 0 atom stereocenters. The number of hydrogen-bond donors (Lipinski definition) is 1. The van der Waals surface area contributed by atoms with Crippen molar-refractivity contribution in [3.05, 3.63) is 16.7 Å². The summed E-state index contributed by atoms with van der Waals surface area (Å²) in [6, 6.07) is 0. The van der Waals surface area contributed by atoms with Crippen LogP contribution in [-0.2, 0) is 24.0 Å². The molecule has 0 radical (unpaired) electrons. The van der Waals surface area contributed by atoms with Gasteiger partial charge in [0.2, 0.25) is 0 Å². The zero-order chi connectivity index (χ0) is 12.3. The second-order valence-corrected chi connectivity index (χ2v) is 2.50. The number of carbonyl (C=O) groups excluding carboxylic acids is 4. The van der Waals surface area contributed by atoms with Crippen molar-refractivity contribution < 1.29 is 29.1 Å². The van der Waals surface area contributed by atoms with Crippen LogP contribution in [-0.4, -0.2) is 40.5 Å². The Labute approximate surface area is 87.1 Å². The minimum Gasteiger partial charge on any atom is -0.476 e. The molecule has 0 aromatic carbocycles. The fraction of sp³-hybridized carbons (Fsp3) is 0. The topological polar surface area (TPSA) is 118 Å². The van der Waals surface area contributed by atoms with Gasteiger partial charge in [-0.3, -0.25) is 4.79 Å². The molecule has 1 amide bonds. The second-order valence-electron chi connectivity index (χ2n) is 2.50. The number of nitrogens with zero attached hydrogens (tertiary/aromatic N) is 1. The molecule has 0 fully saturated rings. The monoisotopic (exact) mass is 219 g/mol. The molecule has 1 aliphatic heterocycles. The van der Waals surface area contributed by atoms with E-state index in [2.05, 4.69) is 4.99 Å². The number of carboxylic acid groups (broad SMARTS) is 1. The zero-order valence-corrected chi connectivity index (χ0v) is 7.44. The highest BCUT2D eigenvalue weighted by atomic mass is 16.4. The Balaban J connectivity index is 3.69. The van der Waals surface area contributed by atoms with Gasteiger partial charge in [-0.25, -0.2) is 19.2 Å². The average molecular weight is 219 g/mol. The van der Waals surface area contributed by atoms with Crippen LogP contribution in [0.4, 0.5) is 0 Å². The predicted octanol–water partition coefficient (Wildman–Crippen LogP) is -1.67. The molecular weight excluding hydrogens is 218 g/mol. The van der Waals surface area contributed by atoms with Gasteiger partial charge in [-0.2, -0.15) is 4.99 Å². The van der Waals surface area contributed by atoms with E-state index >= 15 is 0 Å². The molecule has 0 saturated carbocycles. The van der Waals surface area contributed by atoms with Crippen LogP contribution in [0.1, 0.15) is 0 Å². The summed E-state index contributed by atoms with van der Waals surface area (Å²) in [5.41, 5.74) is -3.36. The van der Waals surface area contributed by atoms with E-state index < -0.39 is 34.3 Å². The highest BCUT2D eigenvalue weighted by Crippen LogP contribution is 2.21. The number of aliphatic carboxylic acids is 1. The fourth-order valence-corrected chi connectivity index (χ4v) is 1.01. The Bertz CT molecular complexity index is 577. The largest absolute Gasteiger partial charge is 0.476 e. The van der Waals surface area contributed by atoms with E-state index in [0.717, 1.165) is 17.8 Å². The van der Waals surface area contributed by atoms with Crippen LogP contribution in [0.15, 0.2) is 21.7 Å². The molecule has 0 aromatic rings. The first kappa shape index (κ1) is 11.2. The lowest BCUT2D eigenvalue weighted by Crippen LogP contribution is -2.26. The van der Waals surface area contributed by atoms with Gasteiger partial charge in [0.1, 0.15) is 34.5 Å². The third-order valence-corrected chi connectivity index (χ3v) is 1.67. The molecule has 1 heterocycles. The summed E-state index contributed by atoms with van der Waals surface area (Å²) in [6.07, 6.45) is 0. The van der Waals surface area contributed by atoms with Crippen molar-refractivity contribution in [3.8, 4) is 0 Å². The lowest BCUT2D eigenvalue weighted by Gasteiger charge is -2.09. The van der Waals surface area contributed by atoms with E-state index in [1.807, 2.05) is 0 Å². The lowest BCUT2D eigenvalue weighted by atomic mass is 9.94. The summed E-state index contributed by atoms with van der Waals surface area (Å²) >= 11 is 0. The summed E-state index contributed by atoms with van der Waals surface area (Å²) < 4.78 is 0. The first-order chi connectivity index (χ1) is 7.56. The van der Waals surface area contributed by atoms with E-state index in [0.29, 0.717) is 0 Å². The fourth-order valence-electron chi connectivity index (χ4n) is 1.01. The molecule has 7 heteroatoms. The van der Waals surface area contributed by atoms with Crippen LogP contribution >= 0.6 is 0 Å². The van der Waals surface area contributed by atoms with Gasteiger partial charge < -0.3 is 5.11 Å². The van der Waals surface area contributed by atoms with Crippen molar-refractivity contribution >= 4 is 35.4 Å². The minimum absolute atomic E-state index is 0.789. The SMILES string of the molecule is O=C=C1C(=O)N=C(C(=O)O)C(=C=O)C1=C=O. The third kappa shape index (κ3) is 1.56. The maximum atomic E-state index is 11.1. The molecule has 1 aliphatic rings. The Morgan fingerprint density at radius 3 is 1.88 bits per heavy atom. The van der Waals surface area contributed by atoms with E-state index in [1.54, 1.807) is 0 Å². The molecule has 7 nitrogen and oxygen atoms in total. The third-order valence-electron chi connectivity index (χ3n) is 1.67. The lowest BCUT2D eigenvalue weighted by molar-refractivity contribution is -0.129. The summed E-state index contributed by atoms with van der Waals surface area (Å²) in [4.78, 5) is 55.9. The smallest absolute Gasteiger partial charge is 0.356 e. The maximum absolute atomic E-state index is 11.1. The van der Waals surface area contributed by atoms with Gasteiger partial charge in [0.25, 0.3) is 5.91 Å². The number of rotatable bonds is 1. The minimum atomic E-state index is -1.69. The van der Waals surface area contributed by atoms with Gasteiger partial charge in [-0.15, -0.1) is 0 Å².